The average Bonchev–Trinajstić information content (AvgIpc) is 3.02. The second-order valence-electron chi connectivity index (χ2n) is 5.91. The van der Waals surface area contributed by atoms with E-state index in [2.05, 4.69) is 25.1 Å². The lowest BCUT2D eigenvalue weighted by Gasteiger charge is -2.08. The van der Waals surface area contributed by atoms with E-state index in [0.29, 0.717) is 31.0 Å². The highest BCUT2D eigenvalue weighted by atomic mass is 16.5. The molecule has 0 radical (unpaired) electrons. The van der Waals surface area contributed by atoms with Crippen LogP contribution in [0.5, 0.6) is 0 Å². The summed E-state index contributed by atoms with van der Waals surface area (Å²) in [5.74, 6) is 1.78. The SMILES string of the molecule is COC(=O)CCCNc1cc(C)nc2nc(-c3cccc(C)c3)nn12. The molecule has 0 aliphatic rings. The van der Waals surface area contributed by atoms with Crippen molar-refractivity contribution in [2.75, 3.05) is 19.0 Å². The number of esters is 1. The van der Waals surface area contributed by atoms with Crippen LogP contribution >= 0.6 is 0 Å². The molecule has 0 saturated carbocycles. The lowest BCUT2D eigenvalue weighted by Crippen LogP contribution is -2.10. The molecule has 0 unspecified atom stereocenters. The number of aromatic nitrogens is 4. The molecule has 0 aliphatic heterocycles. The van der Waals surface area contributed by atoms with E-state index in [1.54, 1.807) is 4.52 Å². The molecule has 130 valence electrons. The number of hydrogen-bond acceptors (Lipinski definition) is 6. The number of hydrogen-bond donors (Lipinski definition) is 1. The van der Waals surface area contributed by atoms with Crippen LogP contribution in [-0.2, 0) is 9.53 Å². The number of nitrogens with zero attached hydrogens (tertiary/aromatic N) is 4. The van der Waals surface area contributed by atoms with Gasteiger partial charge in [0.2, 0.25) is 0 Å². The third-order valence-electron chi connectivity index (χ3n) is 3.81. The van der Waals surface area contributed by atoms with Gasteiger partial charge in [0.25, 0.3) is 5.78 Å². The summed E-state index contributed by atoms with van der Waals surface area (Å²) in [5, 5.41) is 7.88. The van der Waals surface area contributed by atoms with Gasteiger partial charge in [-0.15, -0.1) is 5.10 Å². The van der Waals surface area contributed by atoms with Gasteiger partial charge in [-0.1, -0.05) is 23.8 Å². The predicted molar refractivity (Wildman–Crippen MR) is 95.4 cm³/mol. The van der Waals surface area contributed by atoms with Crippen LogP contribution in [0.3, 0.4) is 0 Å². The molecule has 7 heteroatoms. The number of ether oxygens (including phenoxy) is 1. The first-order valence-corrected chi connectivity index (χ1v) is 8.19. The summed E-state index contributed by atoms with van der Waals surface area (Å²) in [7, 11) is 1.40. The van der Waals surface area contributed by atoms with Crippen LogP contribution in [0, 0.1) is 13.8 Å². The van der Waals surface area contributed by atoms with Gasteiger partial charge in [-0.05, 0) is 26.3 Å². The van der Waals surface area contributed by atoms with E-state index >= 15 is 0 Å². The van der Waals surface area contributed by atoms with Crippen LogP contribution < -0.4 is 5.32 Å². The average molecular weight is 339 g/mol. The molecule has 1 N–H and O–H groups in total. The van der Waals surface area contributed by atoms with Crippen molar-refractivity contribution >= 4 is 17.6 Å². The molecular formula is C18H21N5O2. The van der Waals surface area contributed by atoms with Crippen LogP contribution in [0.4, 0.5) is 5.82 Å². The number of aryl methyl sites for hydroxylation is 2. The van der Waals surface area contributed by atoms with Crippen LogP contribution in [0.1, 0.15) is 24.1 Å². The number of fused-ring (bicyclic) bond motifs is 1. The molecule has 3 aromatic rings. The molecule has 3 rings (SSSR count). The van der Waals surface area contributed by atoms with Crippen molar-refractivity contribution in [3.8, 4) is 11.4 Å². The quantitative estimate of drug-likeness (QED) is 0.549. The molecule has 2 heterocycles. The zero-order valence-corrected chi connectivity index (χ0v) is 14.6. The second-order valence-corrected chi connectivity index (χ2v) is 5.91. The largest absolute Gasteiger partial charge is 0.469 e. The van der Waals surface area contributed by atoms with Gasteiger partial charge >= 0.3 is 5.97 Å². The lowest BCUT2D eigenvalue weighted by molar-refractivity contribution is -0.140. The summed E-state index contributed by atoms with van der Waals surface area (Å²) in [6.45, 7) is 4.59. The van der Waals surface area contributed by atoms with E-state index in [1.165, 1.54) is 7.11 Å². The Morgan fingerprint density at radius 1 is 1.24 bits per heavy atom. The second kappa shape index (κ2) is 7.29. The Morgan fingerprint density at radius 3 is 2.84 bits per heavy atom. The number of carbonyl (C=O) groups excluding carboxylic acids is 1. The third-order valence-corrected chi connectivity index (χ3v) is 3.81. The Hall–Kier alpha value is -2.96. The molecule has 25 heavy (non-hydrogen) atoms. The summed E-state index contributed by atoms with van der Waals surface area (Å²) < 4.78 is 6.35. The first kappa shape index (κ1) is 16.9. The van der Waals surface area contributed by atoms with Crippen LogP contribution in [0.25, 0.3) is 17.2 Å². The Bertz CT molecular complexity index is 904. The lowest BCUT2D eigenvalue weighted by atomic mass is 10.1. The Balaban J connectivity index is 1.84. The number of anilines is 1. The molecule has 0 aliphatic carbocycles. The maximum absolute atomic E-state index is 11.2. The summed E-state index contributed by atoms with van der Waals surface area (Å²) in [5.41, 5.74) is 2.97. The number of rotatable bonds is 6. The van der Waals surface area contributed by atoms with Crippen molar-refractivity contribution in [2.45, 2.75) is 26.7 Å². The summed E-state index contributed by atoms with van der Waals surface area (Å²) >= 11 is 0. The summed E-state index contributed by atoms with van der Waals surface area (Å²) in [6, 6.07) is 9.97. The zero-order valence-electron chi connectivity index (χ0n) is 14.6. The van der Waals surface area contributed by atoms with Crippen LogP contribution in [-0.4, -0.2) is 39.2 Å². The zero-order chi connectivity index (χ0) is 17.8. The van der Waals surface area contributed by atoms with Gasteiger partial charge in [0, 0.05) is 30.3 Å². The van der Waals surface area contributed by atoms with E-state index in [9.17, 15) is 4.79 Å². The van der Waals surface area contributed by atoms with Gasteiger partial charge < -0.3 is 10.1 Å². The minimum absolute atomic E-state index is 0.208. The first-order chi connectivity index (χ1) is 12.1. The van der Waals surface area contributed by atoms with E-state index in [4.69, 9.17) is 0 Å². The smallest absolute Gasteiger partial charge is 0.305 e. The van der Waals surface area contributed by atoms with E-state index in [0.717, 1.165) is 22.6 Å². The monoisotopic (exact) mass is 339 g/mol. The molecule has 7 nitrogen and oxygen atoms in total. The fourth-order valence-electron chi connectivity index (χ4n) is 2.57. The van der Waals surface area contributed by atoms with Gasteiger partial charge in [0.15, 0.2) is 5.82 Å². The maximum atomic E-state index is 11.2. The van der Waals surface area contributed by atoms with Gasteiger partial charge in [-0.3, -0.25) is 4.79 Å². The van der Waals surface area contributed by atoms with Crippen molar-refractivity contribution in [2.24, 2.45) is 0 Å². The van der Waals surface area contributed by atoms with Crippen molar-refractivity contribution in [1.29, 1.82) is 0 Å². The fourth-order valence-corrected chi connectivity index (χ4v) is 2.57. The molecule has 1 aromatic carbocycles. The standard InChI is InChI=1S/C18H21N5O2/c1-12-6-4-7-14(10-12)17-21-18-20-13(2)11-15(23(18)22-17)19-9-5-8-16(24)25-3/h4,6-7,10-11,19H,5,8-9H2,1-3H3. The molecule has 2 aromatic heterocycles. The Labute approximate surface area is 146 Å². The van der Waals surface area contributed by atoms with E-state index in [1.807, 2.05) is 44.2 Å². The summed E-state index contributed by atoms with van der Waals surface area (Å²) in [4.78, 5) is 20.2. The molecule has 0 bridgehead atoms. The first-order valence-electron chi connectivity index (χ1n) is 8.19. The van der Waals surface area contributed by atoms with Crippen LogP contribution in [0.2, 0.25) is 0 Å². The molecule has 0 atom stereocenters. The number of carbonyl (C=O) groups is 1. The normalized spacial score (nSPS) is 10.8. The van der Waals surface area contributed by atoms with Gasteiger partial charge in [-0.2, -0.15) is 9.50 Å². The van der Waals surface area contributed by atoms with Gasteiger partial charge in [0.05, 0.1) is 7.11 Å². The minimum Gasteiger partial charge on any atom is -0.469 e. The van der Waals surface area contributed by atoms with Crippen molar-refractivity contribution in [3.63, 3.8) is 0 Å². The number of benzene rings is 1. The Kier molecular flexibility index (Phi) is 4.92. The Morgan fingerprint density at radius 2 is 2.08 bits per heavy atom. The van der Waals surface area contributed by atoms with Crippen molar-refractivity contribution in [3.05, 3.63) is 41.6 Å². The van der Waals surface area contributed by atoms with Gasteiger partial charge in [-0.25, -0.2) is 4.98 Å². The summed E-state index contributed by atoms with van der Waals surface area (Å²) in [6.07, 6.45) is 1.05. The van der Waals surface area contributed by atoms with E-state index in [-0.39, 0.29) is 5.97 Å². The van der Waals surface area contributed by atoms with Gasteiger partial charge in [0.1, 0.15) is 5.82 Å². The highest BCUT2D eigenvalue weighted by Crippen LogP contribution is 2.19. The molecular weight excluding hydrogens is 318 g/mol. The minimum atomic E-state index is -0.208. The van der Waals surface area contributed by atoms with Crippen molar-refractivity contribution in [1.82, 2.24) is 19.6 Å². The number of methoxy groups -OCH3 is 1. The fraction of sp³-hybridized carbons (Fsp3) is 0.333. The number of nitrogens with one attached hydrogen (secondary N) is 1. The maximum Gasteiger partial charge on any atom is 0.305 e. The van der Waals surface area contributed by atoms with Crippen molar-refractivity contribution < 1.29 is 9.53 Å². The third kappa shape index (κ3) is 3.93. The molecule has 0 saturated heterocycles. The highest BCUT2D eigenvalue weighted by molar-refractivity contribution is 5.69. The predicted octanol–water partition coefficient (Wildman–Crippen LogP) is 2.77. The van der Waals surface area contributed by atoms with E-state index < -0.39 is 0 Å². The molecule has 0 fully saturated rings. The molecule has 0 amide bonds. The molecule has 0 spiro atoms. The topological polar surface area (TPSA) is 81.4 Å². The highest BCUT2D eigenvalue weighted by Gasteiger charge is 2.11. The van der Waals surface area contributed by atoms with Crippen LogP contribution in [0.15, 0.2) is 30.3 Å².